The van der Waals surface area contributed by atoms with Crippen LogP contribution in [0.15, 0.2) is 30.5 Å². The number of piperidine rings is 1. The monoisotopic (exact) mass is 461 g/mol. The standard InChI is InChI=1S/C20H27N7O4S/c1-13(28)24-15-6-3-7-16(9-15)25-20-23-11-17(18(21)29)19(26-20)22-10-14-5-4-8-27(12-14)32(2,30)31/h3,6-7,9,11,14H,4-5,8,10,12H2,1-2H3,(H2,21,29)(H,24,28)(H2,22,23,25,26). The molecule has 1 aromatic heterocycles. The zero-order valence-corrected chi connectivity index (χ0v) is 18.8. The first-order valence-electron chi connectivity index (χ1n) is 10.1. The van der Waals surface area contributed by atoms with E-state index in [9.17, 15) is 18.0 Å². The van der Waals surface area contributed by atoms with Gasteiger partial charge in [0.15, 0.2) is 0 Å². The van der Waals surface area contributed by atoms with E-state index >= 15 is 0 Å². The van der Waals surface area contributed by atoms with E-state index in [-0.39, 0.29) is 29.2 Å². The highest BCUT2D eigenvalue weighted by molar-refractivity contribution is 7.88. The quantitative estimate of drug-likeness (QED) is 0.458. The molecule has 3 rings (SSSR count). The summed E-state index contributed by atoms with van der Waals surface area (Å²) in [7, 11) is -3.25. The van der Waals surface area contributed by atoms with Crippen molar-refractivity contribution in [1.29, 1.82) is 0 Å². The number of carbonyl (C=O) groups excluding carboxylic acids is 2. The van der Waals surface area contributed by atoms with E-state index in [2.05, 4.69) is 25.9 Å². The number of nitrogens with two attached hydrogens (primary N) is 1. The topological polar surface area (TPSA) is 159 Å². The van der Waals surface area contributed by atoms with E-state index in [1.54, 1.807) is 24.3 Å². The number of sulfonamides is 1. The summed E-state index contributed by atoms with van der Waals surface area (Å²) in [6.07, 6.45) is 4.17. The molecular weight excluding hydrogens is 434 g/mol. The molecule has 2 heterocycles. The Hall–Kier alpha value is -3.25. The van der Waals surface area contributed by atoms with Crippen LogP contribution >= 0.6 is 0 Å². The average Bonchev–Trinajstić information content (AvgIpc) is 2.71. The fourth-order valence-corrected chi connectivity index (χ4v) is 4.44. The SMILES string of the molecule is CC(=O)Nc1cccc(Nc2ncc(C(N)=O)c(NCC3CCCN(S(C)(=O)=O)C3)n2)c1. The lowest BCUT2D eigenvalue weighted by molar-refractivity contribution is -0.114. The second-order valence-corrected chi connectivity index (χ2v) is 9.70. The van der Waals surface area contributed by atoms with Crippen LogP contribution in [0.4, 0.5) is 23.1 Å². The number of nitrogens with one attached hydrogen (secondary N) is 3. The van der Waals surface area contributed by atoms with Crippen molar-refractivity contribution < 1.29 is 18.0 Å². The first-order valence-corrected chi connectivity index (χ1v) is 12.0. The predicted molar refractivity (Wildman–Crippen MR) is 122 cm³/mol. The highest BCUT2D eigenvalue weighted by atomic mass is 32.2. The van der Waals surface area contributed by atoms with Crippen molar-refractivity contribution in [3.8, 4) is 0 Å². The maximum atomic E-state index is 11.8. The number of anilines is 4. The number of carbonyl (C=O) groups is 2. The fraction of sp³-hybridized carbons (Fsp3) is 0.400. The number of primary amides is 1. The minimum absolute atomic E-state index is 0.0694. The van der Waals surface area contributed by atoms with E-state index in [1.807, 2.05) is 0 Å². The van der Waals surface area contributed by atoms with Crippen LogP contribution in [0.1, 0.15) is 30.1 Å². The van der Waals surface area contributed by atoms with Gasteiger partial charge in [-0.3, -0.25) is 9.59 Å². The van der Waals surface area contributed by atoms with Gasteiger partial charge in [-0.2, -0.15) is 4.98 Å². The highest BCUT2D eigenvalue weighted by Gasteiger charge is 2.26. The maximum absolute atomic E-state index is 11.8. The second kappa shape index (κ2) is 9.92. The summed E-state index contributed by atoms with van der Waals surface area (Å²) >= 11 is 0. The minimum Gasteiger partial charge on any atom is -0.369 e. The van der Waals surface area contributed by atoms with E-state index in [4.69, 9.17) is 5.73 Å². The number of hydrogen-bond acceptors (Lipinski definition) is 8. The van der Waals surface area contributed by atoms with Crippen LogP contribution in [-0.2, 0) is 14.8 Å². The molecular formula is C20H27N7O4S. The normalized spacial score (nSPS) is 16.9. The van der Waals surface area contributed by atoms with Crippen molar-refractivity contribution in [3.63, 3.8) is 0 Å². The molecule has 1 fully saturated rings. The van der Waals surface area contributed by atoms with Crippen molar-refractivity contribution in [2.24, 2.45) is 11.7 Å². The van der Waals surface area contributed by atoms with Crippen molar-refractivity contribution in [2.75, 3.05) is 41.8 Å². The van der Waals surface area contributed by atoms with Crippen LogP contribution in [0.25, 0.3) is 0 Å². The average molecular weight is 462 g/mol. The summed E-state index contributed by atoms with van der Waals surface area (Å²) in [5, 5.41) is 8.86. The van der Waals surface area contributed by atoms with Crippen LogP contribution in [0, 0.1) is 5.92 Å². The molecule has 2 amide bonds. The third-order valence-electron chi connectivity index (χ3n) is 5.00. The first-order chi connectivity index (χ1) is 15.1. The van der Waals surface area contributed by atoms with Gasteiger partial charge in [-0.15, -0.1) is 0 Å². The number of benzene rings is 1. The summed E-state index contributed by atoms with van der Waals surface area (Å²) in [6, 6.07) is 7.02. The predicted octanol–water partition coefficient (Wildman–Crippen LogP) is 1.36. The summed E-state index contributed by atoms with van der Waals surface area (Å²) in [6.45, 7) is 2.77. The Balaban J connectivity index is 1.74. The van der Waals surface area contributed by atoms with Gasteiger partial charge in [0.25, 0.3) is 5.91 Å². The molecule has 1 aliphatic heterocycles. The van der Waals surface area contributed by atoms with Crippen molar-refractivity contribution >= 4 is 45.0 Å². The molecule has 12 heteroatoms. The second-order valence-electron chi connectivity index (χ2n) is 7.72. The lowest BCUT2D eigenvalue weighted by Crippen LogP contribution is -2.41. The number of aromatic nitrogens is 2. The Morgan fingerprint density at radius 2 is 2.03 bits per heavy atom. The Kier molecular flexibility index (Phi) is 7.26. The Morgan fingerprint density at radius 1 is 1.28 bits per heavy atom. The summed E-state index contributed by atoms with van der Waals surface area (Å²) in [5.74, 6) is -0.288. The number of hydrogen-bond donors (Lipinski definition) is 4. The van der Waals surface area contributed by atoms with Gasteiger partial charge in [-0.05, 0) is 37.0 Å². The van der Waals surface area contributed by atoms with Crippen LogP contribution in [-0.4, -0.2) is 60.4 Å². The van der Waals surface area contributed by atoms with E-state index in [0.717, 1.165) is 12.8 Å². The van der Waals surface area contributed by atoms with Crippen LogP contribution in [0.3, 0.4) is 0 Å². The molecule has 0 saturated carbocycles. The molecule has 1 unspecified atom stereocenters. The van der Waals surface area contributed by atoms with E-state index in [1.165, 1.54) is 23.7 Å². The minimum atomic E-state index is -3.25. The van der Waals surface area contributed by atoms with E-state index < -0.39 is 15.9 Å². The Morgan fingerprint density at radius 3 is 2.72 bits per heavy atom. The molecule has 2 aromatic rings. The molecule has 0 aliphatic carbocycles. The molecule has 32 heavy (non-hydrogen) atoms. The molecule has 5 N–H and O–H groups in total. The largest absolute Gasteiger partial charge is 0.369 e. The van der Waals surface area contributed by atoms with E-state index in [0.29, 0.717) is 31.0 Å². The van der Waals surface area contributed by atoms with Crippen molar-refractivity contribution in [2.45, 2.75) is 19.8 Å². The van der Waals surface area contributed by atoms with Gasteiger partial charge in [0.05, 0.1) is 11.8 Å². The van der Waals surface area contributed by atoms with Crippen molar-refractivity contribution in [3.05, 3.63) is 36.0 Å². The van der Waals surface area contributed by atoms with Gasteiger partial charge in [0, 0.05) is 44.1 Å². The summed E-state index contributed by atoms with van der Waals surface area (Å²) in [5.41, 5.74) is 6.86. The van der Waals surface area contributed by atoms with Crippen LogP contribution in [0.5, 0.6) is 0 Å². The lowest BCUT2D eigenvalue weighted by atomic mass is 10.00. The molecule has 1 saturated heterocycles. The number of amides is 2. The molecule has 0 spiro atoms. The maximum Gasteiger partial charge on any atom is 0.254 e. The Bertz CT molecular complexity index is 1110. The van der Waals surface area contributed by atoms with Gasteiger partial charge < -0.3 is 21.7 Å². The first kappa shape index (κ1) is 23.4. The van der Waals surface area contributed by atoms with Crippen LogP contribution < -0.4 is 21.7 Å². The fourth-order valence-electron chi connectivity index (χ4n) is 3.50. The zero-order chi connectivity index (χ0) is 23.3. The third kappa shape index (κ3) is 6.37. The summed E-state index contributed by atoms with van der Waals surface area (Å²) in [4.78, 5) is 31.6. The van der Waals surface area contributed by atoms with Gasteiger partial charge in [0.1, 0.15) is 5.82 Å². The molecule has 1 aromatic carbocycles. The molecule has 0 bridgehead atoms. The van der Waals surface area contributed by atoms with Gasteiger partial charge in [0.2, 0.25) is 21.9 Å². The molecule has 1 atom stereocenters. The zero-order valence-electron chi connectivity index (χ0n) is 18.0. The molecule has 172 valence electrons. The van der Waals surface area contributed by atoms with Crippen LogP contribution in [0.2, 0.25) is 0 Å². The Labute approximate surface area is 186 Å². The van der Waals surface area contributed by atoms with Gasteiger partial charge >= 0.3 is 0 Å². The lowest BCUT2D eigenvalue weighted by Gasteiger charge is -2.31. The van der Waals surface area contributed by atoms with Crippen molar-refractivity contribution in [1.82, 2.24) is 14.3 Å². The van der Waals surface area contributed by atoms with Gasteiger partial charge in [-0.1, -0.05) is 6.07 Å². The molecule has 0 radical (unpaired) electrons. The number of nitrogens with zero attached hydrogens (tertiary/aromatic N) is 3. The highest BCUT2D eigenvalue weighted by Crippen LogP contribution is 2.22. The molecule has 1 aliphatic rings. The van der Waals surface area contributed by atoms with Gasteiger partial charge in [-0.25, -0.2) is 17.7 Å². The third-order valence-corrected chi connectivity index (χ3v) is 6.27. The summed E-state index contributed by atoms with van der Waals surface area (Å²) < 4.78 is 25.2. The smallest absolute Gasteiger partial charge is 0.254 e. The number of rotatable bonds is 8. The molecule has 11 nitrogen and oxygen atoms in total.